The standard InChI is InChI=1S/C13H6BrN3O2S/c14-6-1-2-8-7(5-6)9-10(19-8)12(18)17-11(16-9)13-15-3-4-20-13/h1-5H,(H,16,17,18). The fourth-order valence-electron chi connectivity index (χ4n) is 2.07. The van der Waals surface area contributed by atoms with E-state index in [4.69, 9.17) is 4.42 Å². The molecule has 0 fully saturated rings. The van der Waals surface area contributed by atoms with Gasteiger partial charge in [-0.05, 0) is 18.2 Å². The number of benzene rings is 1. The summed E-state index contributed by atoms with van der Waals surface area (Å²) in [5.74, 6) is 0.458. The Labute approximate surface area is 124 Å². The summed E-state index contributed by atoms with van der Waals surface area (Å²) >= 11 is 4.83. The van der Waals surface area contributed by atoms with Gasteiger partial charge >= 0.3 is 0 Å². The molecular formula is C13H6BrN3O2S. The zero-order chi connectivity index (χ0) is 13.7. The highest BCUT2D eigenvalue weighted by atomic mass is 79.9. The summed E-state index contributed by atoms with van der Waals surface area (Å²) in [4.78, 5) is 23.5. The van der Waals surface area contributed by atoms with E-state index in [1.807, 2.05) is 23.6 Å². The van der Waals surface area contributed by atoms with Gasteiger partial charge in [-0.25, -0.2) is 9.97 Å². The third kappa shape index (κ3) is 1.70. The first-order valence-corrected chi connectivity index (χ1v) is 7.41. The average Bonchev–Trinajstić information content (AvgIpc) is 3.06. The third-order valence-electron chi connectivity index (χ3n) is 2.92. The zero-order valence-corrected chi connectivity index (χ0v) is 12.3. The van der Waals surface area contributed by atoms with Crippen molar-refractivity contribution in [1.82, 2.24) is 15.0 Å². The molecule has 1 N–H and O–H groups in total. The monoisotopic (exact) mass is 347 g/mol. The molecule has 0 aliphatic carbocycles. The number of hydrogen-bond donors (Lipinski definition) is 1. The minimum absolute atomic E-state index is 0.235. The Morgan fingerprint density at radius 3 is 3.05 bits per heavy atom. The van der Waals surface area contributed by atoms with Crippen molar-refractivity contribution < 1.29 is 4.42 Å². The SMILES string of the molecule is O=c1[nH]c(-c2nccs2)nc2c1oc1ccc(Br)cc12. The Balaban J connectivity index is 2.14. The first-order chi connectivity index (χ1) is 9.72. The number of halogens is 1. The fourth-order valence-corrected chi connectivity index (χ4v) is 3.01. The average molecular weight is 348 g/mol. The maximum absolute atomic E-state index is 12.1. The van der Waals surface area contributed by atoms with Crippen molar-refractivity contribution >= 4 is 49.3 Å². The van der Waals surface area contributed by atoms with Crippen LogP contribution in [0, 0.1) is 0 Å². The highest BCUT2D eigenvalue weighted by molar-refractivity contribution is 9.10. The molecule has 7 heteroatoms. The number of rotatable bonds is 1. The van der Waals surface area contributed by atoms with Gasteiger partial charge in [0.25, 0.3) is 5.56 Å². The molecule has 0 atom stereocenters. The van der Waals surface area contributed by atoms with E-state index in [-0.39, 0.29) is 11.1 Å². The van der Waals surface area contributed by atoms with Crippen LogP contribution in [-0.2, 0) is 0 Å². The smallest absolute Gasteiger partial charge is 0.294 e. The Morgan fingerprint density at radius 1 is 1.35 bits per heavy atom. The molecule has 3 aromatic heterocycles. The number of furan rings is 1. The van der Waals surface area contributed by atoms with Gasteiger partial charge in [0.05, 0.1) is 0 Å². The summed E-state index contributed by atoms with van der Waals surface area (Å²) in [5, 5.41) is 3.32. The number of nitrogens with zero attached hydrogens (tertiary/aromatic N) is 2. The molecule has 0 unspecified atom stereocenters. The van der Waals surface area contributed by atoms with Crippen LogP contribution in [0.15, 0.2) is 43.5 Å². The molecule has 0 aliphatic rings. The van der Waals surface area contributed by atoms with Gasteiger partial charge in [-0.2, -0.15) is 0 Å². The van der Waals surface area contributed by atoms with Gasteiger partial charge in [0.15, 0.2) is 10.8 Å². The van der Waals surface area contributed by atoms with E-state index in [0.717, 1.165) is 9.86 Å². The lowest BCUT2D eigenvalue weighted by Gasteiger charge is -1.95. The Bertz CT molecular complexity index is 988. The lowest BCUT2D eigenvalue weighted by molar-refractivity contribution is 0.661. The summed E-state index contributed by atoms with van der Waals surface area (Å²) in [5.41, 5.74) is 1.12. The molecule has 0 bridgehead atoms. The molecular weight excluding hydrogens is 342 g/mol. The highest BCUT2D eigenvalue weighted by Crippen LogP contribution is 2.29. The van der Waals surface area contributed by atoms with E-state index in [0.29, 0.717) is 21.9 Å². The van der Waals surface area contributed by atoms with Crippen LogP contribution in [0.25, 0.3) is 32.9 Å². The predicted molar refractivity (Wildman–Crippen MR) is 80.9 cm³/mol. The summed E-state index contributed by atoms with van der Waals surface area (Å²) in [6, 6.07) is 5.56. The topological polar surface area (TPSA) is 71.8 Å². The van der Waals surface area contributed by atoms with E-state index >= 15 is 0 Å². The van der Waals surface area contributed by atoms with E-state index < -0.39 is 0 Å². The number of H-pyrrole nitrogens is 1. The van der Waals surface area contributed by atoms with E-state index in [1.165, 1.54) is 11.3 Å². The largest absolute Gasteiger partial charge is 0.449 e. The van der Waals surface area contributed by atoms with Gasteiger partial charge in [0, 0.05) is 21.4 Å². The van der Waals surface area contributed by atoms with Crippen LogP contribution < -0.4 is 5.56 Å². The van der Waals surface area contributed by atoms with Crippen LogP contribution in [0.4, 0.5) is 0 Å². The molecule has 20 heavy (non-hydrogen) atoms. The molecule has 4 rings (SSSR count). The zero-order valence-electron chi connectivity index (χ0n) is 9.88. The van der Waals surface area contributed by atoms with Crippen molar-refractivity contribution in [2.24, 2.45) is 0 Å². The molecule has 0 saturated heterocycles. The van der Waals surface area contributed by atoms with Gasteiger partial charge < -0.3 is 9.40 Å². The lowest BCUT2D eigenvalue weighted by atomic mass is 10.2. The lowest BCUT2D eigenvalue weighted by Crippen LogP contribution is -2.08. The molecule has 5 nitrogen and oxygen atoms in total. The summed E-state index contributed by atoms with van der Waals surface area (Å²) in [6.45, 7) is 0. The van der Waals surface area contributed by atoms with Gasteiger partial charge in [0.1, 0.15) is 11.1 Å². The van der Waals surface area contributed by atoms with E-state index in [9.17, 15) is 4.79 Å². The molecule has 0 aliphatic heterocycles. The quantitative estimate of drug-likeness (QED) is 0.571. The molecule has 0 amide bonds. The normalized spacial score (nSPS) is 11.4. The van der Waals surface area contributed by atoms with Crippen molar-refractivity contribution in [2.45, 2.75) is 0 Å². The predicted octanol–water partition coefficient (Wildman–Crippen LogP) is 3.56. The Hall–Kier alpha value is -1.99. The maximum atomic E-state index is 12.1. The number of aromatic nitrogens is 3. The van der Waals surface area contributed by atoms with Crippen LogP contribution in [-0.4, -0.2) is 15.0 Å². The highest BCUT2D eigenvalue weighted by Gasteiger charge is 2.15. The van der Waals surface area contributed by atoms with Gasteiger partial charge in [0.2, 0.25) is 5.58 Å². The van der Waals surface area contributed by atoms with Crippen LogP contribution in [0.5, 0.6) is 0 Å². The van der Waals surface area contributed by atoms with Crippen LogP contribution >= 0.6 is 27.3 Å². The molecule has 0 saturated carbocycles. The van der Waals surface area contributed by atoms with Crippen molar-refractivity contribution in [3.8, 4) is 10.8 Å². The minimum atomic E-state index is -0.299. The second-order valence-electron chi connectivity index (χ2n) is 4.17. The molecule has 3 heterocycles. The van der Waals surface area contributed by atoms with Crippen LogP contribution in [0.1, 0.15) is 0 Å². The van der Waals surface area contributed by atoms with Gasteiger partial charge in [-0.3, -0.25) is 4.79 Å². The van der Waals surface area contributed by atoms with Crippen molar-refractivity contribution in [1.29, 1.82) is 0 Å². The molecule has 1 aromatic carbocycles. The summed E-state index contributed by atoms with van der Waals surface area (Å²) in [7, 11) is 0. The van der Waals surface area contributed by atoms with Gasteiger partial charge in [-0.15, -0.1) is 11.3 Å². The maximum Gasteiger partial charge on any atom is 0.294 e. The van der Waals surface area contributed by atoms with Crippen LogP contribution in [0.2, 0.25) is 0 Å². The Kier molecular flexibility index (Phi) is 2.51. The summed E-state index contributed by atoms with van der Waals surface area (Å²) in [6.07, 6.45) is 1.67. The first kappa shape index (κ1) is 11.8. The first-order valence-electron chi connectivity index (χ1n) is 5.74. The molecule has 98 valence electrons. The minimum Gasteiger partial charge on any atom is -0.449 e. The number of nitrogens with one attached hydrogen (secondary N) is 1. The number of fused-ring (bicyclic) bond motifs is 3. The van der Waals surface area contributed by atoms with E-state index in [2.05, 4.69) is 30.9 Å². The van der Waals surface area contributed by atoms with Crippen molar-refractivity contribution in [2.75, 3.05) is 0 Å². The molecule has 0 spiro atoms. The third-order valence-corrected chi connectivity index (χ3v) is 4.19. The van der Waals surface area contributed by atoms with Crippen LogP contribution in [0.3, 0.4) is 0 Å². The molecule has 4 aromatic rings. The molecule has 0 radical (unpaired) electrons. The number of aromatic amines is 1. The fraction of sp³-hybridized carbons (Fsp3) is 0. The second-order valence-corrected chi connectivity index (χ2v) is 5.98. The summed E-state index contributed by atoms with van der Waals surface area (Å²) < 4.78 is 6.47. The van der Waals surface area contributed by atoms with Gasteiger partial charge in [-0.1, -0.05) is 15.9 Å². The van der Waals surface area contributed by atoms with Crippen molar-refractivity contribution in [3.05, 3.63) is 44.6 Å². The second kappa shape index (κ2) is 4.26. The number of thiazole rings is 1. The Morgan fingerprint density at radius 2 is 2.25 bits per heavy atom. The number of hydrogen-bond acceptors (Lipinski definition) is 5. The van der Waals surface area contributed by atoms with Crippen molar-refractivity contribution in [3.63, 3.8) is 0 Å². The van der Waals surface area contributed by atoms with E-state index in [1.54, 1.807) is 6.20 Å².